The first-order valence-electron chi connectivity index (χ1n) is 12.2. The maximum absolute atomic E-state index is 6.05. The number of aromatic nitrogens is 3. The van der Waals surface area contributed by atoms with E-state index in [0.29, 0.717) is 26.4 Å². The van der Waals surface area contributed by atoms with Gasteiger partial charge in [-0.15, -0.1) is 0 Å². The molecule has 1 fully saturated rings. The monoisotopic (exact) mass is 492 g/mol. The molecule has 0 N–H and O–H groups in total. The lowest BCUT2D eigenvalue weighted by molar-refractivity contribution is -0.00841. The van der Waals surface area contributed by atoms with Crippen molar-refractivity contribution in [1.82, 2.24) is 14.5 Å². The number of nitrogens with zero attached hydrogens (tertiary/aromatic N) is 4. The fraction of sp³-hybridized carbons (Fsp3) is 0.407. The SMILES string of the molecule is Cc1ccc(SOCCOCCOC2CCN(c3ccc4c5cnccc5n(C)c4n3)CC2)cc1. The lowest BCUT2D eigenvalue weighted by Gasteiger charge is -2.32. The fourth-order valence-corrected chi connectivity index (χ4v) is 5.04. The summed E-state index contributed by atoms with van der Waals surface area (Å²) in [5.41, 5.74) is 3.41. The number of hydrogen-bond donors (Lipinski definition) is 0. The van der Waals surface area contributed by atoms with Crippen molar-refractivity contribution in [3.8, 4) is 0 Å². The van der Waals surface area contributed by atoms with Gasteiger partial charge in [0, 0.05) is 60.2 Å². The van der Waals surface area contributed by atoms with Gasteiger partial charge in [-0.1, -0.05) is 17.7 Å². The van der Waals surface area contributed by atoms with E-state index in [1.54, 1.807) is 0 Å². The van der Waals surface area contributed by atoms with Crippen LogP contribution in [-0.2, 0) is 20.7 Å². The largest absolute Gasteiger partial charge is 0.377 e. The van der Waals surface area contributed by atoms with Gasteiger partial charge in [0.1, 0.15) is 11.5 Å². The Bertz CT molecular complexity index is 1250. The fourth-order valence-electron chi connectivity index (χ4n) is 4.51. The van der Waals surface area contributed by atoms with Crippen LogP contribution in [0.3, 0.4) is 0 Å². The first-order chi connectivity index (χ1) is 17.2. The van der Waals surface area contributed by atoms with Gasteiger partial charge in [-0.05, 0) is 50.1 Å². The summed E-state index contributed by atoms with van der Waals surface area (Å²) in [5, 5.41) is 2.30. The van der Waals surface area contributed by atoms with Gasteiger partial charge < -0.3 is 23.1 Å². The molecule has 8 heteroatoms. The van der Waals surface area contributed by atoms with E-state index in [-0.39, 0.29) is 6.10 Å². The lowest BCUT2D eigenvalue weighted by Crippen LogP contribution is -2.37. The summed E-state index contributed by atoms with van der Waals surface area (Å²) in [6, 6.07) is 14.6. The van der Waals surface area contributed by atoms with Gasteiger partial charge >= 0.3 is 0 Å². The summed E-state index contributed by atoms with van der Waals surface area (Å²) in [4.78, 5) is 12.7. The van der Waals surface area contributed by atoms with Crippen LogP contribution in [0.15, 0.2) is 59.8 Å². The standard InChI is InChI=1S/C27H32N4O3S/c1-20-3-5-22(6-4-20)35-34-18-16-32-15-17-33-21-10-13-31(14-11-21)26-8-7-23-24-19-28-12-9-25(24)30(2)27(23)29-26/h3-9,12,19,21H,10-11,13-18H2,1-2H3. The minimum atomic E-state index is 0.274. The van der Waals surface area contributed by atoms with Gasteiger partial charge in [0.15, 0.2) is 0 Å². The molecule has 4 aromatic rings. The van der Waals surface area contributed by atoms with E-state index < -0.39 is 0 Å². The zero-order valence-electron chi connectivity index (χ0n) is 20.4. The van der Waals surface area contributed by atoms with Crippen molar-refractivity contribution in [1.29, 1.82) is 0 Å². The van der Waals surface area contributed by atoms with Crippen LogP contribution in [-0.4, -0.2) is 60.2 Å². The zero-order chi connectivity index (χ0) is 24.0. The Morgan fingerprint density at radius 3 is 2.57 bits per heavy atom. The third-order valence-corrected chi connectivity index (χ3v) is 7.21. The number of benzene rings is 1. The molecule has 184 valence electrons. The van der Waals surface area contributed by atoms with E-state index in [1.807, 2.05) is 18.5 Å². The Hall–Kier alpha value is -2.65. The van der Waals surface area contributed by atoms with E-state index in [0.717, 1.165) is 58.6 Å². The minimum absolute atomic E-state index is 0.274. The number of fused-ring (bicyclic) bond motifs is 3. The molecule has 7 nitrogen and oxygen atoms in total. The van der Waals surface area contributed by atoms with Crippen LogP contribution >= 0.6 is 12.0 Å². The van der Waals surface area contributed by atoms with Crippen LogP contribution in [0.2, 0.25) is 0 Å². The first-order valence-corrected chi connectivity index (χ1v) is 12.9. The minimum Gasteiger partial charge on any atom is -0.377 e. The zero-order valence-corrected chi connectivity index (χ0v) is 21.2. The molecule has 0 spiro atoms. The highest BCUT2D eigenvalue weighted by molar-refractivity contribution is 7.94. The Morgan fingerprint density at radius 1 is 0.943 bits per heavy atom. The Labute approximate surface area is 210 Å². The van der Waals surface area contributed by atoms with Crippen LogP contribution in [0, 0.1) is 6.92 Å². The van der Waals surface area contributed by atoms with Crippen LogP contribution in [0.1, 0.15) is 18.4 Å². The molecule has 3 aromatic heterocycles. The molecule has 0 saturated carbocycles. The molecule has 0 bridgehead atoms. The van der Waals surface area contributed by atoms with Gasteiger partial charge in [0.2, 0.25) is 0 Å². The molecule has 4 heterocycles. The van der Waals surface area contributed by atoms with E-state index in [1.165, 1.54) is 17.6 Å². The molecule has 1 aromatic carbocycles. The summed E-state index contributed by atoms with van der Waals surface area (Å²) in [7, 11) is 2.07. The van der Waals surface area contributed by atoms with Gasteiger partial charge in [-0.25, -0.2) is 4.98 Å². The summed E-state index contributed by atoms with van der Waals surface area (Å²) >= 11 is 1.39. The molecule has 35 heavy (non-hydrogen) atoms. The number of rotatable bonds is 10. The van der Waals surface area contributed by atoms with E-state index in [2.05, 4.69) is 64.8 Å². The second-order valence-electron chi connectivity index (χ2n) is 8.88. The van der Waals surface area contributed by atoms with E-state index in [9.17, 15) is 0 Å². The van der Waals surface area contributed by atoms with Gasteiger partial charge in [0.05, 0.1) is 38.0 Å². The average Bonchev–Trinajstić information content (AvgIpc) is 3.18. The van der Waals surface area contributed by atoms with Crippen LogP contribution in [0.25, 0.3) is 21.9 Å². The second kappa shape index (κ2) is 11.4. The molecule has 1 aliphatic rings. The topological polar surface area (TPSA) is 61.6 Å². The normalized spacial score (nSPS) is 14.9. The molecular weight excluding hydrogens is 460 g/mol. The Kier molecular flexibility index (Phi) is 7.83. The predicted molar refractivity (Wildman–Crippen MR) is 141 cm³/mol. The average molecular weight is 493 g/mol. The predicted octanol–water partition coefficient (Wildman–Crippen LogP) is 5.16. The molecule has 0 amide bonds. The molecule has 1 aliphatic heterocycles. The molecule has 0 atom stereocenters. The van der Waals surface area contributed by atoms with Crippen LogP contribution in [0.5, 0.6) is 0 Å². The summed E-state index contributed by atoms with van der Waals surface area (Å²) in [6.45, 7) is 6.30. The third-order valence-electron chi connectivity index (χ3n) is 6.46. The molecular formula is C27H32N4O3S. The van der Waals surface area contributed by atoms with Gasteiger partial charge in [0.25, 0.3) is 0 Å². The highest BCUT2D eigenvalue weighted by atomic mass is 32.2. The summed E-state index contributed by atoms with van der Waals surface area (Å²) in [6.07, 6.45) is 6.01. The molecule has 0 radical (unpaired) electrons. The Balaban J connectivity index is 1.00. The number of piperidine rings is 1. The quantitative estimate of drug-likeness (QED) is 0.224. The second-order valence-corrected chi connectivity index (χ2v) is 9.75. The lowest BCUT2D eigenvalue weighted by atomic mass is 10.1. The number of aryl methyl sites for hydroxylation is 2. The Morgan fingerprint density at radius 2 is 1.74 bits per heavy atom. The van der Waals surface area contributed by atoms with Crippen molar-refractivity contribution in [2.75, 3.05) is 44.4 Å². The smallest absolute Gasteiger partial charge is 0.143 e. The van der Waals surface area contributed by atoms with E-state index >= 15 is 0 Å². The van der Waals surface area contributed by atoms with Crippen molar-refractivity contribution >= 4 is 39.8 Å². The third kappa shape index (κ3) is 5.78. The van der Waals surface area contributed by atoms with Crippen molar-refractivity contribution in [3.05, 3.63) is 60.4 Å². The van der Waals surface area contributed by atoms with Crippen molar-refractivity contribution in [2.45, 2.75) is 30.8 Å². The number of pyridine rings is 2. The molecule has 0 aliphatic carbocycles. The highest BCUT2D eigenvalue weighted by Crippen LogP contribution is 2.29. The molecule has 0 unspecified atom stereocenters. The number of anilines is 1. The van der Waals surface area contributed by atoms with Crippen molar-refractivity contribution in [2.24, 2.45) is 7.05 Å². The van der Waals surface area contributed by atoms with Crippen LogP contribution in [0.4, 0.5) is 5.82 Å². The number of ether oxygens (including phenoxy) is 2. The highest BCUT2D eigenvalue weighted by Gasteiger charge is 2.21. The first kappa shape index (κ1) is 24.1. The van der Waals surface area contributed by atoms with Crippen LogP contribution < -0.4 is 4.90 Å². The van der Waals surface area contributed by atoms with Crippen molar-refractivity contribution < 1.29 is 13.7 Å². The van der Waals surface area contributed by atoms with Gasteiger partial charge in [-0.3, -0.25) is 4.98 Å². The summed E-state index contributed by atoms with van der Waals surface area (Å²) in [5.74, 6) is 1.03. The van der Waals surface area contributed by atoms with Crippen molar-refractivity contribution in [3.63, 3.8) is 0 Å². The van der Waals surface area contributed by atoms with E-state index in [4.69, 9.17) is 18.6 Å². The maximum Gasteiger partial charge on any atom is 0.143 e. The molecule has 5 rings (SSSR count). The summed E-state index contributed by atoms with van der Waals surface area (Å²) < 4.78 is 19.5. The van der Waals surface area contributed by atoms with Gasteiger partial charge in [-0.2, -0.15) is 0 Å². The number of hydrogen-bond acceptors (Lipinski definition) is 7. The maximum atomic E-state index is 6.05. The molecule has 1 saturated heterocycles.